The molecular weight excluding hydrogens is 339 g/mol. The number of nitrogens with one attached hydrogen (secondary N) is 1. The number of aliphatic imine (C=N–C) groups is 1. The van der Waals surface area contributed by atoms with Crippen molar-refractivity contribution in [2.24, 2.45) is 4.99 Å². The van der Waals surface area contributed by atoms with Crippen LogP contribution in [0.15, 0.2) is 47.1 Å². The maximum Gasteiger partial charge on any atom is 0.223 e. The number of allylic oxidation sites excluding steroid dienone is 2. The zero-order chi connectivity index (χ0) is 16.2. The summed E-state index contributed by atoms with van der Waals surface area (Å²) in [5, 5.41) is 18.1. The lowest BCUT2D eigenvalue weighted by molar-refractivity contribution is -0.148. The Morgan fingerprint density at radius 1 is 1.35 bits per heavy atom. The zero-order valence-corrected chi connectivity index (χ0v) is 13.7. The van der Waals surface area contributed by atoms with Gasteiger partial charge in [0, 0.05) is 6.54 Å². The predicted molar refractivity (Wildman–Crippen MR) is 88.8 cm³/mol. The number of hydrogen-bond acceptors (Lipinski definition) is 3. The standard InChI is InChI=1S/C15H15Cl2N4O2/c16-12-5-3-6-13(14(12)17)19-15-18-7-9-21(15)23-10-11-4-1-2-8-20(11)22/h1-6H,7-10H2,(H,18,19). The summed E-state index contributed by atoms with van der Waals surface area (Å²) in [6.07, 6.45) is 5.38. The van der Waals surface area contributed by atoms with Crippen LogP contribution < -0.4 is 5.32 Å². The third-order valence-corrected chi connectivity index (χ3v) is 4.19. The fraction of sp³-hybridized carbons (Fsp3) is 0.267. The molecule has 2 heterocycles. The van der Waals surface area contributed by atoms with Crippen LogP contribution in [0.3, 0.4) is 0 Å². The molecule has 23 heavy (non-hydrogen) atoms. The van der Waals surface area contributed by atoms with E-state index >= 15 is 0 Å². The third-order valence-electron chi connectivity index (χ3n) is 3.38. The Bertz CT molecular complexity index is 675. The van der Waals surface area contributed by atoms with Crippen LogP contribution >= 0.6 is 23.2 Å². The van der Waals surface area contributed by atoms with Crippen molar-refractivity contribution in [2.75, 3.05) is 26.2 Å². The van der Waals surface area contributed by atoms with Crippen LogP contribution in [-0.2, 0) is 10.0 Å². The zero-order valence-electron chi connectivity index (χ0n) is 12.2. The van der Waals surface area contributed by atoms with E-state index in [2.05, 4.69) is 10.3 Å². The molecule has 0 atom stereocenters. The second kappa shape index (κ2) is 7.23. The molecule has 0 spiro atoms. The lowest BCUT2D eigenvalue weighted by Gasteiger charge is -2.22. The topological polar surface area (TPSA) is 60.0 Å². The number of benzene rings is 1. The molecule has 1 radical (unpaired) electrons. The smallest absolute Gasteiger partial charge is 0.223 e. The monoisotopic (exact) mass is 353 g/mol. The molecule has 1 aromatic carbocycles. The summed E-state index contributed by atoms with van der Waals surface area (Å²) in [6.45, 7) is 1.83. The number of rotatable bonds is 4. The first kappa shape index (κ1) is 16.1. The van der Waals surface area contributed by atoms with Crippen molar-refractivity contribution in [1.82, 2.24) is 15.4 Å². The number of hydrogen-bond donors (Lipinski definition) is 1. The summed E-state index contributed by atoms with van der Waals surface area (Å²) >= 11 is 12.1. The van der Waals surface area contributed by atoms with Gasteiger partial charge in [-0.05, 0) is 18.2 Å². The van der Waals surface area contributed by atoms with Gasteiger partial charge in [-0.25, -0.2) is 15.1 Å². The highest BCUT2D eigenvalue weighted by molar-refractivity contribution is 6.43. The highest BCUT2D eigenvalue weighted by Crippen LogP contribution is 2.32. The van der Waals surface area contributed by atoms with E-state index < -0.39 is 0 Å². The molecular formula is C15H15Cl2N4O2. The van der Waals surface area contributed by atoms with E-state index in [4.69, 9.17) is 28.0 Å². The molecule has 1 fully saturated rings. The van der Waals surface area contributed by atoms with Crippen LogP contribution in [0.5, 0.6) is 0 Å². The van der Waals surface area contributed by atoms with E-state index in [1.807, 2.05) is 6.08 Å². The van der Waals surface area contributed by atoms with Gasteiger partial charge in [0.15, 0.2) is 0 Å². The minimum absolute atomic E-state index is 0.178. The summed E-state index contributed by atoms with van der Waals surface area (Å²) in [5.74, 6) is 0.540. The van der Waals surface area contributed by atoms with Crippen LogP contribution in [0.2, 0.25) is 10.0 Å². The largest absolute Gasteiger partial charge is 0.352 e. The average molecular weight is 354 g/mol. The second-order valence-corrected chi connectivity index (χ2v) is 5.74. The minimum Gasteiger partial charge on any atom is -0.352 e. The number of hydroxylamine groups is 4. The summed E-state index contributed by atoms with van der Waals surface area (Å²) in [7, 11) is 0. The second-order valence-electron chi connectivity index (χ2n) is 4.96. The van der Waals surface area contributed by atoms with Gasteiger partial charge in [-0.2, -0.15) is 0 Å². The molecule has 2 aliphatic rings. The van der Waals surface area contributed by atoms with Crippen molar-refractivity contribution in [3.8, 4) is 0 Å². The molecule has 3 rings (SSSR count). The van der Waals surface area contributed by atoms with E-state index in [0.29, 0.717) is 47.0 Å². The Morgan fingerprint density at radius 3 is 3.04 bits per heavy atom. The first-order valence-corrected chi connectivity index (χ1v) is 7.88. The Balaban J connectivity index is 1.70. The van der Waals surface area contributed by atoms with Gasteiger partial charge in [-0.15, -0.1) is 0 Å². The van der Waals surface area contributed by atoms with E-state index in [1.165, 1.54) is 0 Å². The van der Waals surface area contributed by atoms with Gasteiger partial charge in [0.2, 0.25) is 5.96 Å². The highest BCUT2D eigenvalue weighted by Gasteiger charge is 2.21. The van der Waals surface area contributed by atoms with Crippen LogP contribution in [0.25, 0.3) is 0 Å². The predicted octanol–water partition coefficient (Wildman–Crippen LogP) is 2.92. The number of nitrogens with zero attached hydrogens (tertiary/aromatic N) is 3. The molecule has 0 bridgehead atoms. The maximum absolute atomic E-state index is 11.7. The number of guanidine groups is 1. The molecule has 0 aliphatic carbocycles. The Labute approximate surface area is 144 Å². The quantitative estimate of drug-likeness (QED) is 0.903. The van der Waals surface area contributed by atoms with Crippen LogP contribution in [-0.4, -0.2) is 42.3 Å². The van der Waals surface area contributed by atoms with Crippen LogP contribution in [0.4, 0.5) is 5.69 Å². The molecule has 1 N–H and O–H groups in total. The van der Waals surface area contributed by atoms with Gasteiger partial charge in [0.25, 0.3) is 0 Å². The normalized spacial score (nSPS) is 19.3. The molecule has 0 saturated carbocycles. The summed E-state index contributed by atoms with van der Waals surface area (Å²) in [6, 6.07) is 5.26. The van der Waals surface area contributed by atoms with Gasteiger partial charge in [0.05, 0.1) is 34.5 Å². The molecule has 6 nitrogen and oxygen atoms in total. The fourth-order valence-corrected chi connectivity index (χ4v) is 2.52. The van der Waals surface area contributed by atoms with Gasteiger partial charge >= 0.3 is 0 Å². The molecule has 121 valence electrons. The number of halogens is 2. The van der Waals surface area contributed by atoms with Crippen LogP contribution in [0, 0.1) is 0 Å². The first-order chi connectivity index (χ1) is 11.1. The van der Waals surface area contributed by atoms with Crippen molar-refractivity contribution >= 4 is 34.8 Å². The van der Waals surface area contributed by atoms with Gasteiger partial charge < -0.3 is 5.32 Å². The molecule has 8 heteroatoms. The van der Waals surface area contributed by atoms with E-state index in [9.17, 15) is 5.21 Å². The van der Waals surface area contributed by atoms with E-state index in [-0.39, 0.29) is 6.61 Å². The molecule has 2 aliphatic heterocycles. The summed E-state index contributed by atoms with van der Waals surface area (Å²) < 4.78 is 0. The SMILES string of the molecule is [O]N1CC=CC=C1CON1CCNC1=Nc1cccc(Cl)c1Cl. The van der Waals surface area contributed by atoms with Crippen molar-refractivity contribution in [3.05, 3.63) is 52.2 Å². The van der Waals surface area contributed by atoms with Crippen molar-refractivity contribution in [3.63, 3.8) is 0 Å². The lowest BCUT2D eigenvalue weighted by Crippen LogP contribution is -2.33. The van der Waals surface area contributed by atoms with Crippen molar-refractivity contribution in [1.29, 1.82) is 0 Å². The molecule has 0 unspecified atom stereocenters. The Kier molecular flexibility index (Phi) is 5.07. The van der Waals surface area contributed by atoms with Gasteiger partial charge in [-0.1, -0.05) is 46.6 Å². The van der Waals surface area contributed by atoms with E-state index in [1.54, 1.807) is 35.4 Å². The fourth-order valence-electron chi connectivity index (χ4n) is 2.18. The Morgan fingerprint density at radius 2 is 2.22 bits per heavy atom. The highest BCUT2D eigenvalue weighted by atomic mass is 35.5. The summed E-state index contributed by atoms with van der Waals surface area (Å²) in [5.41, 5.74) is 1.13. The molecule has 0 amide bonds. The van der Waals surface area contributed by atoms with Gasteiger partial charge in [-0.3, -0.25) is 4.84 Å². The molecule has 0 aromatic heterocycles. The molecule has 1 aromatic rings. The Hall–Kier alpha value is -1.73. The molecule has 1 saturated heterocycles. The van der Waals surface area contributed by atoms with Crippen molar-refractivity contribution < 1.29 is 10.0 Å². The lowest BCUT2D eigenvalue weighted by atomic mass is 10.3. The van der Waals surface area contributed by atoms with E-state index in [0.717, 1.165) is 5.06 Å². The third kappa shape index (κ3) is 3.79. The summed E-state index contributed by atoms with van der Waals surface area (Å²) in [4.78, 5) is 10.1. The van der Waals surface area contributed by atoms with Gasteiger partial charge in [0.1, 0.15) is 6.61 Å². The minimum atomic E-state index is 0.178. The first-order valence-electron chi connectivity index (χ1n) is 7.12. The maximum atomic E-state index is 11.7. The van der Waals surface area contributed by atoms with Crippen LogP contribution in [0.1, 0.15) is 0 Å². The average Bonchev–Trinajstić information content (AvgIpc) is 2.98. The van der Waals surface area contributed by atoms with Crippen molar-refractivity contribution in [2.45, 2.75) is 0 Å².